The summed E-state index contributed by atoms with van der Waals surface area (Å²) < 4.78 is 0. The molecular formula is C21H26O2. The van der Waals surface area contributed by atoms with Crippen molar-refractivity contribution in [1.29, 1.82) is 0 Å². The number of hydrogen-bond acceptors (Lipinski definition) is 2. The van der Waals surface area contributed by atoms with E-state index in [4.69, 9.17) is 0 Å². The Morgan fingerprint density at radius 2 is 1.26 bits per heavy atom. The third-order valence-corrected chi connectivity index (χ3v) is 4.00. The SMILES string of the molecule is CC(C)(C)c1cc(O)cc(C(C)(C)C)c1C(=O)c1ccccc1. The molecule has 0 aliphatic heterocycles. The van der Waals surface area contributed by atoms with Gasteiger partial charge in [-0.15, -0.1) is 0 Å². The van der Waals surface area contributed by atoms with Crippen LogP contribution in [0.2, 0.25) is 0 Å². The Balaban J connectivity index is 2.81. The second-order valence-corrected chi connectivity index (χ2v) is 8.11. The van der Waals surface area contributed by atoms with Gasteiger partial charge in [-0.25, -0.2) is 0 Å². The van der Waals surface area contributed by atoms with Crippen LogP contribution in [0.3, 0.4) is 0 Å². The van der Waals surface area contributed by atoms with Crippen LogP contribution < -0.4 is 0 Å². The molecule has 0 unspecified atom stereocenters. The maximum absolute atomic E-state index is 13.2. The van der Waals surface area contributed by atoms with Gasteiger partial charge in [0.25, 0.3) is 0 Å². The van der Waals surface area contributed by atoms with E-state index in [9.17, 15) is 9.90 Å². The number of ketones is 1. The van der Waals surface area contributed by atoms with Crippen molar-refractivity contribution < 1.29 is 9.90 Å². The van der Waals surface area contributed by atoms with Gasteiger partial charge in [0.05, 0.1) is 0 Å². The van der Waals surface area contributed by atoms with Gasteiger partial charge in [-0.05, 0) is 34.1 Å². The lowest BCUT2D eigenvalue weighted by atomic mass is 9.74. The van der Waals surface area contributed by atoms with Crippen LogP contribution in [0.5, 0.6) is 5.75 Å². The number of rotatable bonds is 2. The third-order valence-electron chi connectivity index (χ3n) is 4.00. The summed E-state index contributed by atoms with van der Waals surface area (Å²) in [6.07, 6.45) is 0. The molecule has 0 saturated heterocycles. The Bertz CT molecular complexity index is 679. The minimum atomic E-state index is -0.238. The molecule has 23 heavy (non-hydrogen) atoms. The first-order valence-electron chi connectivity index (χ1n) is 7.99. The summed E-state index contributed by atoms with van der Waals surface area (Å²) in [5, 5.41) is 10.2. The molecule has 2 nitrogen and oxygen atoms in total. The Hall–Kier alpha value is -2.09. The van der Waals surface area contributed by atoms with E-state index >= 15 is 0 Å². The van der Waals surface area contributed by atoms with Crippen LogP contribution >= 0.6 is 0 Å². The fraction of sp³-hybridized carbons (Fsp3) is 0.381. The summed E-state index contributed by atoms with van der Waals surface area (Å²) in [5.41, 5.74) is 2.69. The van der Waals surface area contributed by atoms with Gasteiger partial charge in [-0.2, -0.15) is 0 Å². The number of carbonyl (C=O) groups is 1. The summed E-state index contributed by atoms with van der Waals surface area (Å²) in [5.74, 6) is 0.227. The lowest BCUT2D eigenvalue weighted by Crippen LogP contribution is -2.24. The summed E-state index contributed by atoms with van der Waals surface area (Å²) in [6, 6.07) is 12.8. The van der Waals surface area contributed by atoms with Gasteiger partial charge < -0.3 is 5.11 Å². The van der Waals surface area contributed by atoms with Gasteiger partial charge >= 0.3 is 0 Å². The van der Waals surface area contributed by atoms with E-state index in [-0.39, 0.29) is 22.4 Å². The van der Waals surface area contributed by atoms with Gasteiger partial charge in [0.15, 0.2) is 5.78 Å². The summed E-state index contributed by atoms with van der Waals surface area (Å²) >= 11 is 0. The Kier molecular flexibility index (Phi) is 4.39. The number of benzene rings is 2. The summed E-state index contributed by atoms with van der Waals surface area (Å²) in [6.45, 7) is 12.4. The molecule has 0 saturated carbocycles. The van der Waals surface area contributed by atoms with Crippen LogP contribution in [-0.2, 0) is 10.8 Å². The standard InChI is InChI=1S/C21H26O2/c1-20(2,3)16-12-15(22)13-17(21(4,5)6)18(16)19(23)14-10-8-7-9-11-14/h7-13,22H,1-6H3. The van der Waals surface area contributed by atoms with Gasteiger partial charge in [0.1, 0.15) is 5.75 Å². The van der Waals surface area contributed by atoms with E-state index in [1.165, 1.54) is 0 Å². The van der Waals surface area contributed by atoms with Gasteiger partial charge in [0.2, 0.25) is 0 Å². The predicted molar refractivity (Wildman–Crippen MR) is 95.4 cm³/mol. The summed E-state index contributed by atoms with van der Waals surface area (Å²) in [4.78, 5) is 13.2. The topological polar surface area (TPSA) is 37.3 Å². The predicted octanol–water partition coefficient (Wildman–Crippen LogP) is 5.22. The van der Waals surface area contributed by atoms with Crippen molar-refractivity contribution in [2.45, 2.75) is 52.4 Å². The van der Waals surface area contributed by atoms with E-state index < -0.39 is 0 Å². The van der Waals surface area contributed by atoms with Gasteiger partial charge in [-0.1, -0.05) is 71.9 Å². The molecule has 0 amide bonds. The highest BCUT2D eigenvalue weighted by Gasteiger charge is 2.30. The first-order chi connectivity index (χ1) is 10.5. The van der Waals surface area contributed by atoms with Gasteiger partial charge in [-0.3, -0.25) is 4.79 Å². The first kappa shape index (κ1) is 17.3. The highest BCUT2D eigenvalue weighted by molar-refractivity contribution is 6.11. The Labute approximate surface area is 139 Å². The van der Waals surface area contributed by atoms with Crippen LogP contribution in [0, 0.1) is 0 Å². The van der Waals surface area contributed by atoms with E-state index in [1.54, 1.807) is 12.1 Å². The van der Waals surface area contributed by atoms with Crippen molar-refractivity contribution in [3.63, 3.8) is 0 Å². The molecule has 0 aromatic heterocycles. The molecule has 0 spiro atoms. The molecule has 2 rings (SSSR count). The minimum Gasteiger partial charge on any atom is -0.508 e. The number of carbonyl (C=O) groups excluding carboxylic acids is 1. The van der Waals surface area contributed by atoms with Crippen LogP contribution in [-0.4, -0.2) is 10.9 Å². The zero-order valence-electron chi connectivity index (χ0n) is 14.9. The molecule has 1 N–H and O–H groups in total. The molecule has 2 heteroatoms. The van der Waals surface area contributed by atoms with Crippen molar-refractivity contribution in [3.05, 3.63) is 64.7 Å². The molecule has 0 bridgehead atoms. The number of phenols is 1. The smallest absolute Gasteiger partial charge is 0.193 e. The number of aromatic hydroxyl groups is 1. The van der Waals surface area contributed by atoms with E-state index in [1.807, 2.05) is 30.3 Å². The number of hydrogen-bond donors (Lipinski definition) is 1. The maximum atomic E-state index is 13.2. The third kappa shape index (κ3) is 3.64. The molecule has 0 aliphatic carbocycles. The van der Waals surface area contributed by atoms with E-state index in [0.29, 0.717) is 11.1 Å². The molecule has 0 aliphatic rings. The van der Waals surface area contributed by atoms with Crippen molar-refractivity contribution in [2.75, 3.05) is 0 Å². The van der Waals surface area contributed by atoms with E-state index in [2.05, 4.69) is 41.5 Å². The Morgan fingerprint density at radius 3 is 1.65 bits per heavy atom. The molecule has 122 valence electrons. The zero-order chi connectivity index (χ0) is 17.4. The fourth-order valence-electron chi connectivity index (χ4n) is 2.79. The van der Waals surface area contributed by atoms with Crippen molar-refractivity contribution in [3.8, 4) is 5.75 Å². The fourth-order valence-corrected chi connectivity index (χ4v) is 2.79. The Morgan fingerprint density at radius 1 is 0.826 bits per heavy atom. The van der Waals surface area contributed by atoms with E-state index in [0.717, 1.165) is 11.1 Å². The van der Waals surface area contributed by atoms with Crippen LogP contribution in [0.4, 0.5) is 0 Å². The largest absolute Gasteiger partial charge is 0.508 e. The highest BCUT2D eigenvalue weighted by atomic mass is 16.3. The van der Waals surface area contributed by atoms with Crippen LogP contribution in [0.15, 0.2) is 42.5 Å². The lowest BCUT2D eigenvalue weighted by Gasteiger charge is -2.29. The average molecular weight is 310 g/mol. The molecule has 0 atom stereocenters. The molecular weight excluding hydrogens is 284 g/mol. The summed E-state index contributed by atoms with van der Waals surface area (Å²) in [7, 11) is 0. The minimum absolute atomic E-state index is 0.0143. The van der Waals surface area contributed by atoms with Crippen LogP contribution in [0.25, 0.3) is 0 Å². The molecule has 0 radical (unpaired) electrons. The maximum Gasteiger partial charge on any atom is 0.193 e. The highest BCUT2D eigenvalue weighted by Crippen LogP contribution is 2.38. The first-order valence-corrected chi connectivity index (χ1v) is 7.99. The van der Waals surface area contributed by atoms with Crippen molar-refractivity contribution >= 4 is 5.78 Å². The monoisotopic (exact) mass is 310 g/mol. The molecule has 0 heterocycles. The zero-order valence-corrected chi connectivity index (χ0v) is 14.9. The quantitative estimate of drug-likeness (QED) is 0.772. The second kappa shape index (κ2) is 5.84. The van der Waals surface area contributed by atoms with Crippen molar-refractivity contribution in [2.24, 2.45) is 0 Å². The molecule has 0 fully saturated rings. The molecule has 2 aromatic rings. The molecule has 2 aromatic carbocycles. The average Bonchev–Trinajstić information content (AvgIpc) is 2.45. The number of phenolic OH excluding ortho intramolecular Hbond substituents is 1. The lowest BCUT2D eigenvalue weighted by molar-refractivity contribution is 0.103. The van der Waals surface area contributed by atoms with Gasteiger partial charge in [0, 0.05) is 11.1 Å². The van der Waals surface area contributed by atoms with Crippen molar-refractivity contribution in [1.82, 2.24) is 0 Å². The normalized spacial score (nSPS) is 12.3. The second-order valence-electron chi connectivity index (χ2n) is 8.11. The van der Waals surface area contributed by atoms with Crippen LogP contribution in [0.1, 0.15) is 68.6 Å².